The normalized spacial score (nSPS) is 12.6. The molecular formula is C8H17BrNO4P. The first kappa shape index (κ1) is 15.1. The number of rotatable bonds is 6. The molecule has 90 valence electrons. The Morgan fingerprint density at radius 3 is 2.00 bits per heavy atom. The Labute approximate surface area is 98.6 Å². The van der Waals surface area contributed by atoms with E-state index in [9.17, 15) is 9.36 Å². The Hall–Kier alpha value is 0.1000. The van der Waals surface area contributed by atoms with Gasteiger partial charge in [0.05, 0.1) is 17.5 Å². The van der Waals surface area contributed by atoms with Gasteiger partial charge in [-0.15, -0.1) is 0 Å². The Bertz CT molecular complexity index is 254. The Balaban J connectivity index is 4.55. The SMILES string of the molecule is CCOP(=O)(NC(=O)C(C)(C)Br)OCC. The Kier molecular flexibility index (Phi) is 6.03. The fourth-order valence-corrected chi connectivity index (χ4v) is 2.36. The van der Waals surface area contributed by atoms with E-state index in [0.717, 1.165) is 0 Å². The number of hydrogen-bond acceptors (Lipinski definition) is 4. The zero-order valence-corrected chi connectivity index (χ0v) is 11.9. The van der Waals surface area contributed by atoms with E-state index in [1.807, 2.05) is 0 Å². The van der Waals surface area contributed by atoms with E-state index in [4.69, 9.17) is 9.05 Å². The quantitative estimate of drug-likeness (QED) is 0.604. The smallest absolute Gasteiger partial charge is 0.293 e. The van der Waals surface area contributed by atoms with Crippen LogP contribution in [-0.2, 0) is 18.4 Å². The van der Waals surface area contributed by atoms with Gasteiger partial charge in [-0.3, -0.25) is 18.9 Å². The molecule has 0 atom stereocenters. The number of alkyl halides is 1. The summed E-state index contributed by atoms with van der Waals surface area (Å²) in [7, 11) is -3.50. The summed E-state index contributed by atoms with van der Waals surface area (Å²) in [6.07, 6.45) is 0. The van der Waals surface area contributed by atoms with Crippen molar-refractivity contribution in [1.82, 2.24) is 5.09 Å². The average molecular weight is 302 g/mol. The highest BCUT2D eigenvalue weighted by molar-refractivity contribution is 9.10. The van der Waals surface area contributed by atoms with Crippen molar-refractivity contribution in [2.24, 2.45) is 0 Å². The molecule has 5 nitrogen and oxygen atoms in total. The maximum absolute atomic E-state index is 11.9. The maximum Gasteiger partial charge on any atom is 0.434 e. The van der Waals surface area contributed by atoms with E-state index in [2.05, 4.69) is 21.0 Å². The fourth-order valence-electron chi connectivity index (χ4n) is 0.699. The molecule has 0 aromatic rings. The van der Waals surface area contributed by atoms with Crippen LogP contribution in [0.25, 0.3) is 0 Å². The highest BCUT2D eigenvalue weighted by atomic mass is 79.9. The first-order valence-electron chi connectivity index (χ1n) is 4.66. The third-order valence-corrected chi connectivity index (χ3v) is 3.41. The zero-order valence-electron chi connectivity index (χ0n) is 9.37. The van der Waals surface area contributed by atoms with Gasteiger partial charge in [0, 0.05) is 0 Å². The summed E-state index contributed by atoms with van der Waals surface area (Å²) >= 11 is 3.15. The van der Waals surface area contributed by atoms with Crippen molar-refractivity contribution in [2.75, 3.05) is 13.2 Å². The third kappa shape index (κ3) is 5.66. The van der Waals surface area contributed by atoms with Crippen LogP contribution in [0, 0.1) is 0 Å². The van der Waals surface area contributed by atoms with Crippen LogP contribution in [0.2, 0.25) is 0 Å². The molecule has 0 unspecified atom stereocenters. The van der Waals surface area contributed by atoms with E-state index < -0.39 is 18.0 Å². The second-order valence-electron chi connectivity index (χ2n) is 3.25. The molecule has 0 saturated heterocycles. The van der Waals surface area contributed by atoms with Crippen molar-refractivity contribution in [1.29, 1.82) is 0 Å². The molecule has 0 aliphatic rings. The van der Waals surface area contributed by atoms with Crippen LogP contribution in [0.15, 0.2) is 0 Å². The summed E-state index contributed by atoms with van der Waals surface area (Å²) in [5, 5.41) is 2.26. The standard InChI is InChI=1S/C8H17BrNO4P/c1-5-13-15(12,14-6-2)10-7(11)8(3,4)9/h5-6H2,1-4H3,(H,10,11,12). The lowest BCUT2D eigenvalue weighted by atomic mass is 10.2. The molecule has 1 N–H and O–H groups in total. The summed E-state index contributed by atoms with van der Waals surface area (Å²) in [4.78, 5) is 11.5. The molecule has 1 amide bonds. The number of carbonyl (C=O) groups is 1. The average Bonchev–Trinajstić information content (AvgIpc) is 2.02. The molecule has 0 rings (SSSR count). The molecule has 0 saturated carbocycles. The fraction of sp³-hybridized carbons (Fsp3) is 0.875. The molecule has 0 radical (unpaired) electrons. The number of halogens is 1. The highest BCUT2D eigenvalue weighted by Gasteiger charge is 2.33. The molecule has 0 heterocycles. The highest BCUT2D eigenvalue weighted by Crippen LogP contribution is 2.44. The lowest BCUT2D eigenvalue weighted by molar-refractivity contribution is -0.121. The molecule has 0 fully saturated rings. The number of nitrogens with one attached hydrogen (secondary N) is 1. The lowest BCUT2D eigenvalue weighted by Crippen LogP contribution is -2.36. The maximum atomic E-state index is 11.9. The van der Waals surface area contributed by atoms with Crippen molar-refractivity contribution in [3.63, 3.8) is 0 Å². The predicted molar refractivity (Wildman–Crippen MR) is 62.0 cm³/mol. The van der Waals surface area contributed by atoms with E-state index in [1.165, 1.54) is 0 Å². The summed E-state index contributed by atoms with van der Waals surface area (Å²) in [5.74, 6) is -0.437. The monoisotopic (exact) mass is 301 g/mol. The van der Waals surface area contributed by atoms with E-state index >= 15 is 0 Å². The second-order valence-corrected chi connectivity index (χ2v) is 6.96. The minimum absolute atomic E-state index is 0.209. The van der Waals surface area contributed by atoms with Gasteiger partial charge in [0.1, 0.15) is 0 Å². The van der Waals surface area contributed by atoms with Crippen molar-refractivity contribution < 1.29 is 18.4 Å². The molecule has 7 heteroatoms. The first-order valence-corrected chi connectivity index (χ1v) is 6.99. The van der Waals surface area contributed by atoms with Crippen LogP contribution < -0.4 is 5.09 Å². The summed E-state index contributed by atoms with van der Waals surface area (Å²) in [6, 6.07) is 0. The van der Waals surface area contributed by atoms with Crippen LogP contribution in [0.1, 0.15) is 27.7 Å². The largest absolute Gasteiger partial charge is 0.434 e. The molecular weight excluding hydrogens is 285 g/mol. The molecule has 0 aromatic heterocycles. The van der Waals surface area contributed by atoms with Crippen LogP contribution in [0.4, 0.5) is 0 Å². The summed E-state index contributed by atoms with van der Waals surface area (Å²) < 4.78 is 20.9. The molecule has 0 spiro atoms. The summed E-state index contributed by atoms with van der Waals surface area (Å²) in [5.41, 5.74) is 0. The van der Waals surface area contributed by atoms with Crippen molar-refractivity contribution >= 4 is 29.6 Å². The van der Waals surface area contributed by atoms with Gasteiger partial charge in [-0.05, 0) is 27.7 Å². The van der Waals surface area contributed by atoms with Crippen LogP contribution >= 0.6 is 23.7 Å². The minimum atomic E-state index is -3.50. The van der Waals surface area contributed by atoms with Gasteiger partial charge in [-0.1, -0.05) is 15.9 Å². The molecule has 0 aromatic carbocycles. The number of amides is 1. The Morgan fingerprint density at radius 2 is 1.73 bits per heavy atom. The van der Waals surface area contributed by atoms with Crippen molar-refractivity contribution in [3.05, 3.63) is 0 Å². The predicted octanol–water partition coefficient (Wildman–Crippen LogP) is 2.46. The van der Waals surface area contributed by atoms with Crippen LogP contribution in [-0.4, -0.2) is 23.4 Å². The zero-order chi connectivity index (χ0) is 12.1. The molecule has 0 bridgehead atoms. The van der Waals surface area contributed by atoms with Gasteiger partial charge in [0.2, 0.25) is 5.91 Å². The van der Waals surface area contributed by atoms with Gasteiger partial charge < -0.3 is 0 Å². The molecule has 0 aliphatic heterocycles. The van der Waals surface area contributed by atoms with Crippen LogP contribution in [0.5, 0.6) is 0 Å². The summed E-state index contributed by atoms with van der Waals surface area (Å²) in [6.45, 7) is 7.06. The third-order valence-electron chi connectivity index (χ3n) is 1.38. The van der Waals surface area contributed by atoms with Crippen molar-refractivity contribution in [3.8, 4) is 0 Å². The first-order chi connectivity index (χ1) is 6.75. The van der Waals surface area contributed by atoms with Crippen LogP contribution in [0.3, 0.4) is 0 Å². The van der Waals surface area contributed by atoms with E-state index in [-0.39, 0.29) is 13.2 Å². The second kappa shape index (κ2) is 5.99. The van der Waals surface area contributed by atoms with Gasteiger partial charge >= 0.3 is 7.75 Å². The minimum Gasteiger partial charge on any atom is -0.293 e. The van der Waals surface area contributed by atoms with E-state index in [1.54, 1.807) is 27.7 Å². The number of carbonyl (C=O) groups excluding carboxylic acids is 1. The van der Waals surface area contributed by atoms with Gasteiger partial charge in [0.25, 0.3) is 0 Å². The van der Waals surface area contributed by atoms with E-state index in [0.29, 0.717) is 0 Å². The molecule has 0 aliphatic carbocycles. The lowest BCUT2D eigenvalue weighted by Gasteiger charge is -2.21. The van der Waals surface area contributed by atoms with Gasteiger partial charge in [-0.2, -0.15) is 0 Å². The molecule has 15 heavy (non-hydrogen) atoms. The van der Waals surface area contributed by atoms with Gasteiger partial charge in [-0.25, -0.2) is 4.57 Å². The number of hydrogen-bond donors (Lipinski definition) is 1. The Morgan fingerprint density at radius 1 is 1.33 bits per heavy atom. The van der Waals surface area contributed by atoms with Crippen molar-refractivity contribution in [2.45, 2.75) is 32.0 Å². The topological polar surface area (TPSA) is 64.6 Å². The van der Waals surface area contributed by atoms with Gasteiger partial charge in [0.15, 0.2) is 0 Å².